The van der Waals surface area contributed by atoms with E-state index >= 15 is 0 Å². The van der Waals surface area contributed by atoms with Crippen LogP contribution in [0.2, 0.25) is 0 Å². The molecule has 4 aromatic heterocycles. The van der Waals surface area contributed by atoms with Crippen molar-refractivity contribution in [2.75, 3.05) is 7.05 Å². The van der Waals surface area contributed by atoms with Crippen molar-refractivity contribution in [2.45, 2.75) is 36.1 Å². The Labute approximate surface area is 404 Å². The Hall–Kier alpha value is -7.49. The van der Waals surface area contributed by atoms with Crippen molar-refractivity contribution in [3.8, 4) is 33.4 Å². The first-order valence-electron chi connectivity index (χ1n) is 22.6. The topological polar surface area (TPSA) is 57.6 Å². The summed E-state index contributed by atoms with van der Waals surface area (Å²) in [4.78, 5) is 19.7. The predicted octanol–water partition coefficient (Wildman–Crippen LogP) is 11.3. The van der Waals surface area contributed by atoms with Crippen LogP contribution in [0.5, 0.6) is 0 Å². The Kier molecular flexibility index (Phi) is 9.35. The molecule has 1 aliphatic heterocycles. The Bertz CT molecular complexity index is 3480. The molecule has 67 heavy (non-hydrogen) atoms. The fourth-order valence-corrected chi connectivity index (χ4v) is 11.8. The van der Waals surface area contributed by atoms with Gasteiger partial charge in [0, 0.05) is 54.4 Å². The molecule has 3 aliphatic carbocycles. The van der Waals surface area contributed by atoms with Crippen LogP contribution in [0.25, 0.3) is 33.4 Å². The van der Waals surface area contributed by atoms with E-state index in [1.54, 1.807) is 0 Å². The monoisotopic (exact) mass is 1040 g/mol. The van der Waals surface area contributed by atoms with Crippen LogP contribution in [-0.2, 0) is 37.4 Å². The van der Waals surface area contributed by atoms with E-state index in [-0.39, 0.29) is 21.1 Å². The summed E-state index contributed by atoms with van der Waals surface area (Å²) in [7, 11) is 2.02. The van der Waals surface area contributed by atoms with Crippen molar-refractivity contribution in [3.63, 3.8) is 0 Å². The zero-order valence-electron chi connectivity index (χ0n) is 37.1. The Morgan fingerprint density at radius 2 is 0.955 bits per heavy atom. The van der Waals surface area contributed by atoms with E-state index in [4.69, 9.17) is 19.9 Å². The third kappa shape index (κ3) is 5.43. The van der Waals surface area contributed by atoms with Gasteiger partial charge in [0.1, 0.15) is 0 Å². The number of hydrogen-bond acceptors (Lipinski definition) is 4. The second-order valence-corrected chi connectivity index (χ2v) is 18.1. The van der Waals surface area contributed by atoms with Crippen LogP contribution in [0, 0.1) is 12.1 Å². The average Bonchev–Trinajstić information content (AvgIpc) is 4.11. The van der Waals surface area contributed by atoms with E-state index in [0.29, 0.717) is 5.92 Å². The van der Waals surface area contributed by atoms with Crippen LogP contribution in [-0.4, -0.2) is 42.1 Å². The standard InChI is InChI=1S/C60H42N6.Pt/c1-39(2)40-22-29-64-57(32-40)59(52-20-8-5-17-46(52)49-24-27-62-36-55(49)59)43-14-10-12-41(33-43)58(51-19-7-4-16-45(51)48-23-26-61-35-54(48)58)42-13-11-15-44(34-42)60(66-31-30-65(3)38-66)53-21-9-6-18-47(53)50-25-28-63-37-56(50)60;/h4-32,35-37,39H,1-3H3;/q;+2. The molecule has 320 valence electrons. The molecule has 3 unspecified atom stereocenters. The Morgan fingerprint density at radius 1 is 0.478 bits per heavy atom. The fraction of sp³-hybridized carbons (Fsp3) is 0.117. The third-order valence-corrected chi connectivity index (χ3v) is 14.6. The van der Waals surface area contributed by atoms with Gasteiger partial charge < -0.3 is 0 Å². The largest absolute Gasteiger partial charge is 2.00 e. The van der Waals surface area contributed by atoms with Gasteiger partial charge in [0.2, 0.25) is 17.9 Å². The van der Waals surface area contributed by atoms with Crippen LogP contribution in [0.3, 0.4) is 0 Å². The minimum Gasteiger partial charge on any atom is -0.264 e. The summed E-state index contributed by atoms with van der Waals surface area (Å²) in [6.07, 6.45) is 18.0. The molecule has 9 aromatic rings. The van der Waals surface area contributed by atoms with Crippen molar-refractivity contribution in [1.29, 1.82) is 0 Å². The molecule has 0 spiro atoms. The maximum atomic E-state index is 5.28. The normalized spacial score (nSPS) is 19.9. The van der Waals surface area contributed by atoms with Crippen LogP contribution >= 0.6 is 0 Å². The van der Waals surface area contributed by atoms with E-state index in [9.17, 15) is 0 Å². The quantitative estimate of drug-likeness (QED) is 0.118. The first kappa shape index (κ1) is 41.0. The molecule has 0 amide bonds. The maximum absolute atomic E-state index is 5.28. The van der Waals surface area contributed by atoms with Crippen LogP contribution in [0.4, 0.5) is 0 Å². The number of pyridine rings is 4. The van der Waals surface area contributed by atoms with E-state index in [0.717, 1.165) is 83.6 Å². The molecule has 3 atom stereocenters. The van der Waals surface area contributed by atoms with Crippen LogP contribution < -0.4 is 0 Å². The van der Waals surface area contributed by atoms with Crippen molar-refractivity contribution < 1.29 is 30.2 Å². The molecule has 5 aromatic carbocycles. The van der Waals surface area contributed by atoms with E-state index in [1.165, 1.54) is 16.7 Å². The van der Waals surface area contributed by atoms with Gasteiger partial charge in [-0.3, -0.25) is 19.9 Å². The summed E-state index contributed by atoms with van der Waals surface area (Å²) in [6, 6.07) is 62.6. The summed E-state index contributed by atoms with van der Waals surface area (Å²) in [5.41, 5.74) is 17.2. The van der Waals surface area contributed by atoms with Gasteiger partial charge in [-0.05, 0) is 97.4 Å². The Balaban J connectivity index is 0.00000468. The molecule has 13 rings (SSSR count). The number of benzene rings is 5. The number of hydrogen-bond donors (Lipinski definition) is 0. The van der Waals surface area contributed by atoms with Crippen molar-refractivity contribution in [3.05, 3.63) is 274 Å². The van der Waals surface area contributed by atoms with E-state index in [1.807, 2.05) is 48.8 Å². The summed E-state index contributed by atoms with van der Waals surface area (Å²) in [5.74, 6) is 0.304. The molecule has 6 nitrogen and oxygen atoms in total. The van der Waals surface area contributed by atoms with Gasteiger partial charge in [0.15, 0.2) is 7.05 Å². The van der Waals surface area contributed by atoms with Gasteiger partial charge in [-0.25, -0.2) is 0 Å². The van der Waals surface area contributed by atoms with Gasteiger partial charge in [-0.2, -0.15) is 48.5 Å². The summed E-state index contributed by atoms with van der Waals surface area (Å²) in [5, 5.41) is 0. The van der Waals surface area contributed by atoms with Crippen molar-refractivity contribution >= 4 is 6.01 Å². The summed E-state index contributed by atoms with van der Waals surface area (Å²) in [6.45, 7) is 4.48. The summed E-state index contributed by atoms with van der Waals surface area (Å²) < 4.78 is 4.19. The average molecular weight is 1040 g/mol. The predicted molar refractivity (Wildman–Crippen MR) is 256 cm³/mol. The molecule has 5 heterocycles. The number of fused-ring (bicyclic) bond motifs is 9. The smallest absolute Gasteiger partial charge is 0.264 e. The zero-order chi connectivity index (χ0) is 44.2. The molecule has 0 N–H and O–H groups in total. The molecule has 0 radical (unpaired) electrons. The van der Waals surface area contributed by atoms with Crippen LogP contribution in [0.15, 0.2) is 195 Å². The fourth-order valence-electron chi connectivity index (χ4n) is 11.8. The molecule has 0 fully saturated rings. The number of nitrogens with zero attached hydrogens (tertiary/aromatic N) is 6. The first-order valence-corrected chi connectivity index (χ1v) is 22.6. The Morgan fingerprint density at radius 3 is 1.55 bits per heavy atom. The molecule has 7 heteroatoms. The summed E-state index contributed by atoms with van der Waals surface area (Å²) >= 11 is 0. The minimum absolute atomic E-state index is 0. The molecule has 0 saturated heterocycles. The van der Waals surface area contributed by atoms with Gasteiger partial charge >= 0.3 is 27.1 Å². The maximum Gasteiger partial charge on any atom is 2.00 e. The van der Waals surface area contributed by atoms with E-state index < -0.39 is 16.4 Å². The molecular weight excluding hydrogens is 1000 g/mol. The van der Waals surface area contributed by atoms with Crippen molar-refractivity contribution in [2.24, 2.45) is 0 Å². The molecule has 0 bridgehead atoms. The second kappa shape index (κ2) is 15.3. The molecule has 0 saturated carbocycles. The van der Waals surface area contributed by atoms with Crippen molar-refractivity contribution in [1.82, 2.24) is 19.9 Å². The van der Waals surface area contributed by atoms with Crippen LogP contribution in [0.1, 0.15) is 86.7 Å². The SMILES string of the molecule is CC(C)c1ccnc(C2(c3[c-]c(C4(c5[c-]c(C6([N+]7=C=[N+](C)C=C7)c7ccccc7-c7ccncc76)ccc5)c5ccccc5-c5ccncc54)ccc3)c3ccccc3-c3ccncc32)c1.[Pt+2]. The first-order chi connectivity index (χ1) is 32.5. The minimum atomic E-state index is -0.890. The van der Waals surface area contributed by atoms with Gasteiger partial charge in [-0.15, -0.1) is 16.7 Å². The third-order valence-electron chi connectivity index (χ3n) is 14.6. The number of aromatic nitrogens is 4. The van der Waals surface area contributed by atoms with E-state index in [2.05, 4.69) is 195 Å². The van der Waals surface area contributed by atoms with Gasteiger partial charge in [0.05, 0.1) is 16.7 Å². The van der Waals surface area contributed by atoms with Gasteiger partial charge in [-0.1, -0.05) is 101 Å². The zero-order valence-corrected chi connectivity index (χ0v) is 39.3. The number of rotatable bonds is 7. The molecular formula is C60H42N6Pt+2. The second-order valence-electron chi connectivity index (χ2n) is 18.1. The molecule has 4 aliphatic rings. The van der Waals surface area contributed by atoms with Gasteiger partial charge in [0.25, 0.3) is 0 Å².